The zero-order valence-electron chi connectivity index (χ0n) is 11.9. The lowest BCUT2D eigenvalue weighted by Crippen LogP contribution is -2.29. The fraction of sp³-hybridized carbons (Fsp3) is 0.308. The van der Waals surface area contributed by atoms with Crippen LogP contribution in [0.1, 0.15) is 11.5 Å². The van der Waals surface area contributed by atoms with E-state index in [0.717, 1.165) is 4.90 Å². The Morgan fingerprint density at radius 1 is 1.41 bits per heavy atom. The number of halogens is 1. The van der Waals surface area contributed by atoms with E-state index in [1.165, 1.54) is 24.2 Å². The molecule has 3 heterocycles. The van der Waals surface area contributed by atoms with Gasteiger partial charge >= 0.3 is 6.03 Å². The van der Waals surface area contributed by atoms with Crippen LogP contribution in [-0.4, -0.2) is 50.5 Å². The smallest absolute Gasteiger partial charge is 0.327 e. The summed E-state index contributed by atoms with van der Waals surface area (Å²) in [6.07, 6.45) is 1.45. The van der Waals surface area contributed by atoms with Gasteiger partial charge in [0, 0.05) is 13.2 Å². The Balaban J connectivity index is 1.82. The van der Waals surface area contributed by atoms with Crippen molar-refractivity contribution in [2.24, 2.45) is 0 Å². The molecule has 22 heavy (non-hydrogen) atoms. The number of hydrogen-bond donors (Lipinski definition) is 0. The van der Waals surface area contributed by atoms with Gasteiger partial charge < -0.3 is 9.42 Å². The molecule has 1 fully saturated rings. The minimum atomic E-state index is -0.526. The highest BCUT2D eigenvalue weighted by Gasteiger charge is 2.34. The largest absolute Gasteiger partial charge is 0.337 e. The van der Waals surface area contributed by atoms with Crippen LogP contribution in [0.15, 0.2) is 16.8 Å². The number of rotatable bonds is 3. The van der Waals surface area contributed by atoms with E-state index < -0.39 is 11.8 Å². The molecule has 0 unspecified atom stereocenters. The molecule has 0 radical (unpaired) electrons. The first-order valence-corrected chi connectivity index (χ1v) is 6.47. The Hall–Kier alpha value is -2.84. The zero-order valence-corrected chi connectivity index (χ0v) is 11.9. The van der Waals surface area contributed by atoms with Gasteiger partial charge in [0.15, 0.2) is 5.82 Å². The second kappa shape index (κ2) is 5.17. The fourth-order valence-corrected chi connectivity index (χ4v) is 2.05. The number of pyridine rings is 1. The van der Waals surface area contributed by atoms with E-state index in [1.807, 2.05) is 0 Å². The van der Waals surface area contributed by atoms with Crippen LogP contribution >= 0.6 is 0 Å². The first-order chi connectivity index (χ1) is 10.5. The summed E-state index contributed by atoms with van der Waals surface area (Å²) >= 11 is 0. The lowest BCUT2D eigenvalue weighted by Gasteiger charge is -2.11. The first-order valence-electron chi connectivity index (χ1n) is 6.47. The number of likely N-dealkylation sites (N-methyl/N-ethyl adjacent to an activating group) is 1. The van der Waals surface area contributed by atoms with E-state index in [0.29, 0.717) is 5.56 Å². The van der Waals surface area contributed by atoms with E-state index >= 15 is 0 Å². The lowest BCUT2D eigenvalue weighted by molar-refractivity contribution is -0.124. The van der Waals surface area contributed by atoms with Crippen molar-refractivity contribution in [3.05, 3.63) is 29.5 Å². The molecular weight excluding hydrogens is 293 g/mol. The second-order valence-corrected chi connectivity index (χ2v) is 4.89. The van der Waals surface area contributed by atoms with Gasteiger partial charge in [-0.15, -0.1) is 0 Å². The molecule has 2 aromatic rings. The average Bonchev–Trinajstić information content (AvgIpc) is 3.04. The van der Waals surface area contributed by atoms with Crippen molar-refractivity contribution in [1.29, 1.82) is 0 Å². The number of carbonyl (C=O) groups is 2. The van der Waals surface area contributed by atoms with Gasteiger partial charge in [0.2, 0.25) is 17.6 Å². The van der Waals surface area contributed by atoms with E-state index in [-0.39, 0.29) is 36.4 Å². The SMILES string of the molecule is Cc1ccnc(-c2noc(CN3CC(=O)N(C)C3=O)n2)c1F. The molecule has 3 amide bonds. The summed E-state index contributed by atoms with van der Waals surface area (Å²) in [6, 6.07) is 1.09. The van der Waals surface area contributed by atoms with Crippen LogP contribution in [0.4, 0.5) is 9.18 Å². The molecule has 0 atom stereocenters. The van der Waals surface area contributed by atoms with Gasteiger partial charge in [-0.25, -0.2) is 14.2 Å². The molecule has 0 aliphatic carbocycles. The van der Waals surface area contributed by atoms with Crippen LogP contribution in [0.2, 0.25) is 0 Å². The van der Waals surface area contributed by atoms with Gasteiger partial charge in [-0.2, -0.15) is 4.98 Å². The topological polar surface area (TPSA) is 92.4 Å². The number of carbonyl (C=O) groups excluding carboxylic acids is 2. The molecule has 2 aromatic heterocycles. The number of hydrogen-bond acceptors (Lipinski definition) is 6. The monoisotopic (exact) mass is 305 g/mol. The Morgan fingerprint density at radius 3 is 2.86 bits per heavy atom. The van der Waals surface area contributed by atoms with Crippen molar-refractivity contribution in [1.82, 2.24) is 24.9 Å². The molecule has 3 rings (SSSR count). The Bertz CT molecular complexity index is 760. The quantitative estimate of drug-likeness (QED) is 0.785. The Labute approximate surface area is 124 Å². The summed E-state index contributed by atoms with van der Waals surface area (Å²) in [5.41, 5.74) is 0.397. The van der Waals surface area contributed by atoms with Gasteiger partial charge in [-0.1, -0.05) is 5.16 Å². The maximum atomic E-state index is 14.0. The second-order valence-electron chi connectivity index (χ2n) is 4.89. The molecule has 114 valence electrons. The van der Waals surface area contributed by atoms with Crippen LogP contribution in [0, 0.1) is 12.7 Å². The molecule has 1 aliphatic heterocycles. The minimum Gasteiger partial charge on any atom is -0.337 e. The molecule has 0 N–H and O–H groups in total. The van der Waals surface area contributed by atoms with Crippen LogP contribution in [0.3, 0.4) is 0 Å². The number of nitrogens with zero attached hydrogens (tertiary/aromatic N) is 5. The van der Waals surface area contributed by atoms with Crippen molar-refractivity contribution >= 4 is 11.9 Å². The summed E-state index contributed by atoms with van der Waals surface area (Å²) in [5.74, 6) is -0.727. The van der Waals surface area contributed by atoms with Crippen molar-refractivity contribution in [2.75, 3.05) is 13.6 Å². The van der Waals surface area contributed by atoms with Crippen molar-refractivity contribution in [3.63, 3.8) is 0 Å². The van der Waals surface area contributed by atoms with Crippen LogP contribution in [0.25, 0.3) is 11.5 Å². The van der Waals surface area contributed by atoms with Crippen LogP contribution < -0.4 is 0 Å². The molecule has 0 spiro atoms. The predicted octanol–water partition coefficient (Wildman–Crippen LogP) is 0.973. The summed E-state index contributed by atoms with van der Waals surface area (Å²) in [7, 11) is 1.40. The number of aryl methyl sites for hydroxylation is 1. The normalized spacial score (nSPS) is 15.0. The average molecular weight is 305 g/mol. The third-order valence-corrected chi connectivity index (χ3v) is 3.35. The van der Waals surface area contributed by atoms with Gasteiger partial charge in [-0.3, -0.25) is 9.69 Å². The highest BCUT2D eigenvalue weighted by molar-refractivity contribution is 6.01. The minimum absolute atomic E-state index is 0.00234. The molecule has 1 saturated heterocycles. The molecule has 0 aromatic carbocycles. The Morgan fingerprint density at radius 2 is 2.18 bits per heavy atom. The van der Waals surface area contributed by atoms with Crippen molar-refractivity contribution < 1.29 is 18.5 Å². The Kier molecular flexibility index (Phi) is 3.32. The number of imide groups is 1. The molecule has 8 nitrogen and oxygen atoms in total. The third kappa shape index (κ3) is 2.30. The molecule has 0 bridgehead atoms. The maximum Gasteiger partial charge on any atom is 0.327 e. The maximum absolute atomic E-state index is 14.0. The third-order valence-electron chi connectivity index (χ3n) is 3.35. The molecule has 0 saturated carbocycles. The van der Waals surface area contributed by atoms with E-state index in [4.69, 9.17) is 4.52 Å². The fourth-order valence-electron chi connectivity index (χ4n) is 2.05. The number of aromatic nitrogens is 3. The van der Waals surface area contributed by atoms with E-state index in [1.54, 1.807) is 6.92 Å². The summed E-state index contributed by atoms with van der Waals surface area (Å²) < 4.78 is 19.0. The number of amides is 3. The van der Waals surface area contributed by atoms with Crippen LogP contribution in [0.5, 0.6) is 0 Å². The highest BCUT2D eigenvalue weighted by Crippen LogP contribution is 2.20. The van der Waals surface area contributed by atoms with Crippen LogP contribution in [-0.2, 0) is 11.3 Å². The summed E-state index contributed by atoms with van der Waals surface area (Å²) in [6.45, 7) is 1.53. The van der Waals surface area contributed by atoms with Gasteiger partial charge in [0.25, 0.3) is 0 Å². The standard InChI is InChI=1S/C13H12FN5O3/c1-7-3-4-15-11(10(7)14)12-16-8(22-17-12)5-19-6-9(20)18(2)13(19)21/h3-4H,5-6H2,1-2H3. The molecular formula is C13H12FN5O3. The van der Waals surface area contributed by atoms with Gasteiger partial charge in [0.1, 0.15) is 18.8 Å². The first kappa shape index (κ1) is 14.1. The van der Waals surface area contributed by atoms with Crippen molar-refractivity contribution in [2.45, 2.75) is 13.5 Å². The van der Waals surface area contributed by atoms with Gasteiger partial charge in [0.05, 0.1) is 0 Å². The number of urea groups is 1. The molecule has 9 heteroatoms. The summed E-state index contributed by atoms with van der Waals surface area (Å²) in [5, 5.41) is 3.67. The van der Waals surface area contributed by atoms with E-state index in [9.17, 15) is 14.0 Å². The predicted molar refractivity (Wildman–Crippen MR) is 70.8 cm³/mol. The molecule has 1 aliphatic rings. The zero-order chi connectivity index (χ0) is 15.9. The summed E-state index contributed by atoms with van der Waals surface area (Å²) in [4.78, 5) is 33.4. The van der Waals surface area contributed by atoms with E-state index in [2.05, 4.69) is 15.1 Å². The van der Waals surface area contributed by atoms with Crippen molar-refractivity contribution in [3.8, 4) is 11.5 Å². The van der Waals surface area contributed by atoms with Gasteiger partial charge in [-0.05, 0) is 18.6 Å². The lowest BCUT2D eigenvalue weighted by atomic mass is 10.2. The highest BCUT2D eigenvalue weighted by atomic mass is 19.1.